The van der Waals surface area contributed by atoms with Gasteiger partial charge in [0.15, 0.2) is 0 Å². The van der Waals surface area contributed by atoms with E-state index < -0.39 is 23.9 Å². The Morgan fingerprint density at radius 1 is 1.30 bits per heavy atom. The van der Waals surface area contributed by atoms with Crippen molar-refractivity contribution in [3.05, 3.63) is 34.3 Å². The van der Waals surface area contributed by atoms with Crippen LogP contribution in [0.3, 0.4) is 0 Å². The lowest BCUT2D eigenvalue weighted by molar-refractivity contribution is -0.138. The van der Waals surface area contributed by atoms with Crippen molar-refractivity contribution in [2.45, 2.75) is 37.6 Å². The average Bonchev–Trinajstić information content (AvgIpc) is 2.24. The SMILES string of the molecule is Cl.N[C@H](c1ccc(Cl)cc1C(F)(F)F)[C@@H](O)C1CCC1. The summed E-state index contributed by atoms with van der Waals surface area (Å²) in [5.74, 6) is -0.00763. The lowest BCUT2D eigenvalue weighted by Crippen LogP contribution is -2.37. The maximum absolute atomic E-state index is 13.0. The molecular weight excluding hydrogens is 314 g/mol. The Balaban J connectivity index is 0.00000200. The van der Waals surface area contributed by atoms with Gasteiger partial charge in [0.05, 0.1) is 17.7 Å². The zero-order valence-electron chi connectivity index (χ0n) is 10.5. The molecule has 114 valence electrons. The van der Waals surface area contributed by atoms with Crippen LogP contribution in [0.2, 0.25) is 5.02 Å². The summed E-state index contributed by atoms with van der Waals surface area (Å²) >= 11 is 5.60. The van der Waals surface area contributed by atoms with Crippen molar-refractivity contribution >= 4 is 24.0 Å². The van der Waals surface area contributed by atoms with Crippen LogP contribution in [0.15, 0.2) is 18.2 Å². The molecule has 1 saturated carbocycles. The molecule has 0 radical (unpaired) electrons. The van der Waals surface area contributed by atoms with Gasteiger partial charge in [0.2, 0.25) is 0 Å². The van der Waals surface area contributed by atoms with Crippen LogP contribution < -0.4 is 5.73 Å². The minimum atomic E-state index is -4.53. The topological polar surface area (TPSA) is 46.2 Å². The van der Waals surface area contributed by atoms with E-state index >= 15 is 0 Å². The van der Waals surface area contributed by atoms with Gasteiger partial charge in [-0.2, -0.15) is 13.2 Å². The van der Waals surface area contributed by atoms with Crippen LogP contribution >= 0.6 is 24.0 Å². The van der Waals surface area contributed by atoms with Gasteiger partial charge < -0.3 is 10.8 Å². The van der Waals surface area contributed by atoms with Gasteiger partial charge in [-0.15, -0.1) is 12.4 Å². The van der Waals surface area contributed by atoms with Crippen molar-refractivity contribution in [2.24, 2.45) is 11.7 Å². The smallest absolute Gasteiger partial charge is 0.391 e. The Labute approximate surface area is 126 Å². The number of alkyl halides is 3. The summed E-state index contributed by atoms with van der Waals surface area (Å²) in [6.45, 7) is 0. The molecule has 20 heavy (non-hydrogen) atoms. The fourth-order valence-electron chi connectivity index (χ4n) is 2.32. The van der Waals surface area contributed by atoms with Crippen molar-refractivity contribution < 1.29 is 18.3 Å². The molecule has 0 heterocycles. The number of hydrogen-bond donors (Lipinski definition) is 2. The third-order valence-corrected chi connectivity index (χ3v) is 3.92. The predicted octanol–water partition coefficient (Wildman–Crippen LogP) is 3.94. The molecule has 1 fully saturated rings. The first-order chi connectivity index (χ1) is 8.80. The van der Waals surface area contributed by atoms with Crippen molar-refractivity contribution in [3.63, 3.8) is 0 Å². The van der Waals surface area contributed by atoms with E-state index in [0.717, 1.165) is 25.3 Å². The second-order valence-electron chi connectivity index (χ2n) is 4.94. The highest BCUT2D eigenvalue weighted by atomic mass is 35.5. The number of benzene rings is 1. The number of rotatable bonds is 3. The van der Waals surface area contributed by atoms with E-state index in [2.05, 4.69) is 0 Å². The van der Waals surface area contributed by atoms with E-state index in [0.29, 0.717) is 0 Å². The van der Waals surface area contributed by atoms with Gasteiger partial charge in [-0.3, -0.25) is 0 Å². The molecular formula is C13H16Cl2F3NO. The molecule has 0 saturated heterocycles. The summed E-state index contributed by atoms with van der Waals surface area (Å²) in [4.78, 5) is 0. The lowest BCUT2D eigenvalue weighted by atomic mass is 9.77. The van der Waals surface area contributed by atoms with Crippen LogP contribution in [0.5, 0.6) is 0 Å². The number of nitrogens with two attached hydrogens (primary N) is 1. The Hall–Kier alpha value is -0.490. The first kappa shape index (κ1) is 17.6. The minimum absolute atomic E-state index is 0. The van der Waals surface area contributed by atoms with Crippen molar-refractivity contribution in [3.8, 4) is 0 Å². The maximum Gasteiger partial charge on any atom is 0.416 e. The van der Waals surface area contributed by atoms with Crippen molar-refractivity contribution in [1.29, 1.82) is 0 Å². The van der Waals surface area contributed by atoms with E-state index in [1.54, 1.807) is 0 Å². The van der Waals surface area contributed by atoms with Gasteiger partial charge in [-0.1, -0.05) is 24.1 Å². The lowest BCUT2D eigenvalue weighted by Gasteiger charge is -2.34. The van der Waals surface area contributed by atoms with E-state index in [9.17, 15) is 18.3 Å². The van der Waals surface area contributed by atoms with Gasteiger partial charge in [0.1, 0.15) is 0 Å². The number of aliphatic hydroxyl groups excluding tert-OH is 1. The van der Waals surface area contributed by atoms with Gasteiger partial charge in [0.25, 0.3) is 0 Å². The number of aliphatic hydroxyl groups is 1. The van der Waals surface area contributed by atoms with E-state index in [1.165, 1.54) is 12.1 Å². The number of halogens is 5. The number of hydrogen-bond acceptors (Lipinski definition) is 2. The van der Waals surface area contributed by atoms with Gasteiger partial charge >= 0.3 is 6.18 Å². The Kier molecular flexibility index (Phi) is 5.72. The Bertz CT molecular complexity index is 463. The average molecular weight is 330 g/mol. The second-order valence-corrected chi connectivity index (χ2v) is 5.37. The first-order valence-corrected chi connectivity index (χ1v) is 6.49. The van der Waals surface area contributed by atoms with Gasteiger partial charge in [-0.25, -0.2) is 0 Å². The molecule has 2 nitrogen and oxygen atoms in total. The van der Waals surface area contributed by atoms with Crippen LogP contribution in [0.1, 0.15) is 36.4 Å². The third kappa shape index (κ3) is 3.58. The highest BCUT2D eigenvalue weighted by Gasteiger charge is 2.38. The zero-order valence-corrected chi connectivity index (χ0v) is 12.1. The maximum atomic E-state index is 13.0. The van der Waals surface area contributed by atoms with E-state index in [-0.39, 0.29) is 28.9 Å². The molecule has 2 rings (SSSR count). The first-order valence-electron chi connectivity index (χ1n) is 6.11. The molecule has 0 unspecified atom stereocenters. The highest BCUT2D eigenvalue weighted by molar-refractivity contribution is 6.30. The molecule has 0 bridgehead atoms. The molecule has 2 atom stereocenters. The molecule has 1 aliphatic rings. The molecule has 0 aromatic heterocycles. The Morgan fingerprint density at radius 2 is 1.90 bits per heavy atom. The van der Waals surface area contributed by atoms with Crippen LogP contribution in [0, 0.1) is 5.92 Å². The van der Waals surface area contributed by atoms with Crippen molar-refractivity contribution in [2.75, 3.05) is 0 Å². The third-order valence-electron chi connectivity index (χ3n) is 3.68. The molecule has 1 aromatic carbocycles. The standard InChI is InChI=1S/C13H15ClF3NO.ClH/c14-8-4-5-9(10(6-8)13(15,16)17)11(18)12(19)7-2-1-3-7;/h4-7,11-12,19H,1-3,18H2;1H/t11-,12+;/m1./s1. The fraction of sp³-hybridized carbons (Fsp3) is 0.538. The molecule has 0 spiro atoms. The monoisotopic (exact) mass is 329 g/mol. The Morgan fingerprint density at radius 3 is 2.35 bits per heavy atom. The van der Waals surface area contributed by atoms with Crippen LogP contribution in [0.25, 0.3) is 0 Å². The normalized spacial score (nSPS) is 18.9. The summed E-state index contributed by atoms with van der Waals surface area (Å²) in [5, 5.41) is 10.0. The second kappa shape index (κ2) is 6.52. The van der Waals surface area contributed by atoms with Crippen LogP contribution in [0.4, 0.5) is 13.2 Å². The largest absolute Gasteiger partial charge is 0.416 e. The zero-order chi connectivity index (χ0) is 14.2. The summed E-state index contributed by atoms with van der Waals surface area (Å²) in [6.07, 6.45) is -2.87. The van der Waals surface area contributed by atoms with Crippen molar-refractivity contribution in [1.82, 2.24) is 0 Å². The summed E-state index contributed by atoms with van der Waals surface area (Å²) < 4.78 is 38.9. The van der Waals surface area contributed by atoms with E-state index in [1.807, 2.05) is 0 Å². The minimum Gasteiger partial charge on any atom is -0.391 e. The summed E-state index contributed by atoms with van der Waals surface area (Å²) in [7, 11) is 0. The molecule has 7 heteroatoms. The molecule has 1 aromatic rings. The van der Waals surface area contributed by atoms with Gasteiger partial charge in [-0.05, 0) is 36.5 Å². The summed E-state index contributed by atoms with van der Waals surface area (Å²) in [5.41, 5.74) is 4.83. The quantitative estimate of drug-likeness (QED) is 0.882. The van der Waals surface area contributed by atoms with Crippen LogP contribution in [-0.4, -0.2) is 11.2 Å². The molecule has 1 aliphatic carbocycles. The predicted molar refractivity (Wildman–Crippen MR) is 74.0 cm³/mol. The summed E-state index contributed by atoms with van der Waals surface area (Å²) in [6, 6.07) is 2.42. The fourth-order valence-corrected chi connectivity index (χ4v) is 2.50. The molecule has 0 amide bonds. The molecule has 0 aliphatic heterocycles. The van der Waals surface area contributed by atoms with Crippen LogP contribution in [-0.2, 0) is 6.18 Å². The highest BCUT2D eigenvalue weighted by Crippen LogP contribution is 2.39. The van der Waals surface area contributed by atoms with Gasteiger partial charge in [0, 0.05) is 5.02 Å². The van der Waals surface area contributed by atoms with E-state index in [4.69, 9.17) is 17.3 Å². The molecule has 3 N–H and O–H groups in total.